The maximum atomic E-state index is 12.1. The zero-order valence-corrected chi connectivity index (χ0v) is 13.1. The second kappa shape index (κ2) is 8.14. The Morgan fingerprint density at radius 3 is 2.41 bits per heavy atom. The number of carbonyl (C=O) groups is 3. The molecule has 1 N–H and O–H groups in total. The third-order valence-corrected chi connectivity index (χ3v) is 3.05. The topological polar surface area (TPSA) is 84.9 Å². The van der Waals surface area contributed by atoms with Gasteiger partial charge in [0, 0.05) is 13.5 Å². The molecule has 0 aliphatic heterocycles. The van der Waals surface area contributed by atoms with Crippen LogP contribution in [0.4, 0.5) is 5.69 Å². The van der Waals surface area contributed by atoms with Gasteiger partial charge in [0.25, 0.3) is 5.91 Å². The molecule has 0 aromatic heterocycles. The maximum Gasteiger partial charge on any atom is 0.340 e. The van der Waals surface area contributed by atoms with Crippen LogP contribution in [0.1, 0.15) is 30.6 Å². The summed E-state index contributed by atoms with van der Waals surface area (Å²) in [6.45, 7) is 3.21. The van der Waals surface area contributed by atoms with E-state index in [2.05, 4.69) is 5.43 Å². The van der Waals surface area contributed by atoms with Gasteiger partial charge in [-0.3, -0.25) is 15.0 Å². The molecule has 7 heteroatoms. The van der Waals surface area contributed by atoms with E-state index in [-0.39, 0.29) is 23.6 Å². The molecule has 1 aromatic rings. The smallest absolute Gasteiger partial charge is 0.340 e. The molecular formula is C15H20N2O5. The number of carbonyl (C=O) groups excluding carboxylic acids is 3. The average Bonchev–Trinajstić information content (AvgIpc) is 2.57. The first kappa shape index (κ1) is 17.6. The van der Waals surface area contributed by atoms with E-state index >= 15 is 0 Å². The van der Waals surface area contributed by atoms with Crippen molar-refractivity contribution in [3.05, 3.63) is 29.8 Å². The van der Waals surface area contributed by atoms with Crippen molar-refractivity contribution in [3.63, 3.8) is 0 Å². The molecule has 0 heterocycles. The van der Waals surface area contributed by atoms with E-state index in [0.29, 0.717) is 0 Å². The number of nitrogens with zero attached hydrogens (tertiary/aromatic N) is 1. The molecule has 0 saturated carbocycles. The molecule has 7 nitrogen and oxygen atoms in total. The first-order valence-electron chi connectivity index (χ1n) is 6.79. The van der Waals surface area contributed by atoms with Gasteiger partial charge in [0.05, 0.1) is 18.4 Å². The predicted octanol–water partition coefficient (Wildman–Crippen LogP) is 1.28. The third-order valence-electron chi connectivity index (χ3n) is 3.05. The second-order valence-electron chi connectivity index (χ2n) is 4.45. The average molecular weight is 308 g/mol. The van der Waals surface area contributed by atoms with Crippen molar-refractivity contribution in [2.75, 3.05) is 19.2 Å². The van der Waals surface area contributed by atoms with Crippen molar-refractivity contribution in [1.82, 2.24) is 5.43 Å². The number of hydrogen-bond donors (Lipinski definition) is 1. The number of rotatable bonds is 5. The molecule has 1 aromatic carbocycles. The Kier molecular flexibility index (Phi) is 6.52. The van der Waals surface area contributed by atoms with Crippen LogP contribution in [-0.2, 0) is 19.1 Å². The Balaban J connectivity index is 3.21. The van der Waals surface area contributed by atoms with Crippen LogP contribution in [0.25, 0.3) is 0 Å². The first-order valence-corrected chi connectivity index (χ1v) is 6.79. The molecule has 2 amide bonds. The summed E-state index contributed by atoms with van der Waals surface area (Å²) in [4.78, 5) is 36.0. The van der Waals surface area contributed by atoms with Crippen LogP contribution in [0.3, 0.4) is 0 Å². The van der Waals surface area contributed by atoms with Crippen LogP contribution >= 0.6 is 0 Å². The molecular weight excluding hydrogens is 288 g/mol. The molecule has 1 atom stereocenters. The number of benzene rings is 1. The highest BCUT2D eigenvalue weighted by molar-refractivity contribution is 6.03. The van der Waals surface area contributed by atoms with E-state index in [4.69, 9.17) is 9.47 Å². The van der Waals surface area contributed by atoms with Gasteiger partial charge in [0.15, 0.2) is 0 Å². The van der Waals surface area contributed by atoms with Crippen LogP contribution in [-0.4, -0.2) is 38.1 Å². The Labute approximate surface area is 129 Å². The summed E-state index contributed by atoms with van der Waals surface area (Å²) in [6.07, 6.45) is -0.589. The zero-order chi connectivity index (χ0) is 16.7. The van der Waals surface area contributed by atoms with Crippen molar-refractivity contribution in [3.8, 4) is 0 Å². The SMILES string of the molecule is CCC(=O)N(NC(=O)C(C)OC)c1ccccc1C(=O)OC. The van der Waals surface area contributed by atoms with Gasteiger partial charge in [-0.2, -0.15) is 0 Å². The second-order valence-corrected chi connectivity index (χ2v) is 4.45. The van der Waals surface area contributed by atoms with Crippen molar-refractivity contribution in [2.45, 2.75) is 26.4 Å². The van der Waals surface area contributed by atoms with Crippen LogP contribution in [0.15, 0.2) is 24.3 Å². The van der Waals surface area contributed by atoms with Crippen LogP contribution < -0.4 is 10.4 Å². The summed E-state index contributed by atoms with van der Waals surface area (Å²) >= 11 is 0. The van der Waals surface area contributed by atoms with Gasteiger partial charge in [-0.05, 0) is 19.1 Å². The maximum absolute atomic E-state index is 12.1. The highest BCUT2D eigenvalue weighted by atomic mass is 16.5. The molecule has 0 aliphatic carbocycles. The standard InChI is InChI=1S/C15H20N2O5/c1-5-13(18)17(16-14(19)10(2)21-3)12-9-7-6-8-11(12)15(20)22-4/h6-10H,5H2,1-4H3,(H,16,19). The fourth-order valence-electron chi connectivity index (χ4n) is 1.67. The molecule has 22 heavy (non-hydrogen) atoms. The van der Waals surface area contributed by atoms with Gasteiger partial charge in [-0.25, -0.2) is 9.80 Å². The van der Waals surface area contributed by atoms with Crippen molar-refractivity contribution in [2.24, 2.45) is 0 Å². The Bertz CT molecular complexity index is 559. The summed E-state index contributed by atoms with van der Waals surface area (Å²) in [5.74, 6) is -1.46. The van der Waals surface area contributed by atoms with E-state index in [9.17, 15) is 14.4 Å². The highest BCUT2D eigenvalue weighted by Crippen LogP contribution is 2.20. The van der Waals surface area contributed by atoms with Crippen LogP contribution in [0.2, 0.25) is 0 Å². The molecule has 0 fully saturated rings. The van der Waals surface area contributed by atoms with Crippen LogP contribution in [0.5, 0.6) is 0 Å². The largest absolute Gasteiger partial charge is 0.465 e. The van der Waals surface area contributed by atoms with Crippen molar-refractivity contribution >= 4 is 23.5 Å². The number of para-hydroxylation sites is 1. The van der Waals surface area contributed by atoms with Gasteiger partial charge in [-0.1, -0.05) is 19.1 Å². The summed E-state index contributed by atoms with van der Waals surface area (Å²) in [6, 6.07) is 6.37. The van der Waals surface area contributed by atoms with Gasteiger partial charge in [0.2, 0.25) is 5.91 Å². The molecule has 0 bridgehead atoms. The number of anilines is 1. The molecule has 1 rings (SSSR count). The minimum Gasteiger partial charge on any atom is -0.465 e. The number of hydrazine groups is 1. The van der Waals surface area contributed by atoms with E-state index in [1.807, 2.05) is 0 Å². The van der Waals surface area contributed by atoms with Crippen molar-refractivity contribution < 1.29 is 23.9 Å². The number of nitrogens with one attached hydrogen (secondary N) is 1. The van der Waals surface area contributed by atoms with E-state index < -0.39 is 18.0 Å². The monoisotopic (exact) mass is 308 g/mol. The quantitative estimate of drug-likeness (QED) is 0.654. The molecule has 0 saturated heterocycles. The van der Waals surface area contributed by atoms with E-state index in [0.717, 1.165) is 5.01 Å². The summed E-state index contributed by atoms with van der Waals surface area (Å²) in [7, 11) is 2.63. The molecule has 120 valence electrons. The number of esters is 1. The van der Waals surface area contributed by atoms with Crippen LogP contribution in [0, 0.1) is 0 Å². The lowest BCUT2D eigenvalue weighted by Gasteiger charge is -2.25. The number of ether oxygens (including phenoxy) is 2. The normalized spacial score (nSPS) is 11.5. The van der Waals surface area contributed by atoms with Gasteiger partial charge >= 0.3 is 5.97 Å². The van der Waals surface area contributed by atoms with E-state index in [1.54, 1.807) is 32.0 Å². The number of hydrogen-bond acceptors (Lipinski definition) is 5. The summed E-state index contributed by atoms with van der Waals surface area (Å²) < 4.78 is 9.62. The fourth-order valence-corrected chi connectivity index (χ4v) is 1.67. The highest BCUT2D eigenvalue weighted by Gasteiger charge is 2.24. The third kappa shape index (κ3) is 4.05. The lowest BCUT2D eigenvalue weighted by molar-refractivity contribution is -0.132. The summed E-state index contributed by atoms with van der Waals surface area (Å²) in [5.41, 5.74) is 2.89. The zero-order valence-electron chi connectivity index (χ0n) is 13.1. The van der Waals surface area contributed by atoms with Gasteiger partial charge < -0.3 is 9.47 Å². The molecule has 0 radical (unpaired) electrons. The molecule has 0 spiro atoms. The van der Waals surface area contributed by atoms with Gasteiger partial charge in [0.1, 0.15) is 6.10 Å². The Morgan fingerprint density at radius 1 is 1.23 bits per heavy atom. The van der Waals surface area contributed by atoms with E-state index in [1.165, 1.54) is 20.3 Å². The lowest BCUT2D eigenvalue weighted by Crippen LogP contribution is -2.50. The summed E-state index contributed by atoms with van der Waals surface area (Å²) in [5, 5.41) is 1.05. The lowest BCUT2D eigenvalue weighted by atomic mass is 10.1. The number of amides is 2. The molecule has 0 aliphatic rings. The number of methoxy groups -OCH3 is 2. The van der Waals surface area contributed by atoms with Crippen molar-refractivity contribution in [1.29, 1.82) is 0 Å². The molecule has 1 unspecified atom stereocenters. The Hall–Kier alpha value is -2.41. The first-order chi connectivity index (χ1) is 10.5. The van der Waals surface area contributed by atoms with Gasteiger partial charge in [-0.15, -0.1) is 0 Å². The Morgan fingerprint density at radius 2 is 1.86 bits per heavy atom. The fraction of sp³-hybridized carbons (Fsp3) is 0.400. The minimum absolute atomic E-state index is 0.150. The predicted molar refractivity (Wildman–Crippen MR) is 80.2 cm³/mol. The minimum atomic E-state index is -0.738.